The van der Waals surface area contributed by atoms with Gasteiger partial charge in [-0.25, -0.2) is 4.79 Å². The molecule has 0 aliphatic carbocycles. The van der Waals surface area contributed by atoms with Crippen LogP contribution in [0.5, 0.6) is 0 Å². The van der Waals surface area contributed by atoms with E-state index in [9.17, 15) is 4.79 Å². The van der Waals surface area contributed by atoms with Gasteiger partial charge >= 0.3 is 5.97 Å². The third-order valence-electron chi connectivity index (χ3n) is 3.80. The van der Waals surface area contributed by atoms with E-state index in [4.69, 9.17) is 9.15 Å². The SMILES string of the molecule is Cc1cccc(-c2nnc(COC(=O)c3ccc(C)c(C)c3)o2)c1. The molecule has 24 heavy (non-hydrogen) atoms. The van der Waals surface area contributed by atoms with Crippen LogP contribution in [-0.2, 0) is 11.3 Å². The van der Waals surface area contributed by atoms with Crippen molar-refractivity contribution in [1.29, 1.82) is 0 Å². The van der Waals surface area contributed by atoms with Gasteiger partial charge in [0.1, 0.15) is 0 Å². The highest BCUT2D eigenvalue weighted by atomic mass is 16.5. The molecule has 0 bridgehead atoms. The molecule has 0 fully saturated rings. The monoisotopic (exact) mass is 322 g/mol. The summed E-state index contributed by atoms with van der Waals surface area (Å²) in [4.78, 5) is 12.1. The van der Waals surface area contributed by atoms with Crippen LogP contribution in [0.4, 0.5) is 0 Å². The first-order chi connectivity index (χ1) is 11.5. The Morgan fingerprint density at radius 1 is 1.04 bits per heavy atom. The Hall–Kier alpha value is -2.95. The molecule has 0 amide bonds. The third-order valence-corrected chi connectivity index (χ3v) is 3.80. The highest BCUT2D eigenvalue weighted by molar-refractivity contribution is 5.89. The fourth-order valence-electron chi connectivity index (χ4n) is 2.29. The zero-order chi connectivity index (χ0) is 17.1. The topological polar surface area (TPSA) is 65.2 Å². The summed E-state index contributed by atoms with van der Waals surface area (Å²) >= 11 is 0. The molecule has 1 aromatic heterocycles. The first-order valence-corrected chi connectivity index (χ1v) is 7.67. The van der Waals surface area contributed by atoms with Gasteiger partial charge in [-0.15, -0.1) is 10.2 Å². The van der Waals surface area contributed by atoms with Crippen molar-refractivity contribution in [3.8, 4) is 11.5 Å². The van der Waals surface area contributed by atoms with E-state index in [1.165, 1.54) is 0 Å². The van der Waals surface area contributed by atoms with Crippen LogP contribution in [-0.4, -0.2) is 16.2 Å². The molecule has 5 heteroatoms. The number of hydrogen-bond donors (Lipinski definition) is 0. The molecule has 0 N–H and O–H groups in total. The van der Waals surface area contributed by atoms with Crippen molar-refractivity contribution in [1.82, 2.24) is 10.2 Å². The minimum absolute atomic E-state index is 0.0510. The van der Waals surface area contributed by atoms with Crippen molar-refractivity contribution < 1.29 is 13.9 Å². The maximum Gasteiger partial charge on any atom is 0.338 e. The quantitative estimate of drug-likeness (QED) is 0.679. The van der Waals surface area contributed by atoms with Crippen LogP contribution in [0.25, 0.3) is 11.5 Å². The molecule has 0 unspecified atom stereocenters. The molecule has 5 nitrogen and oxygen atoms in total. The van der Waals surface area contributed by atoms with Gasteiger partial charge in [-0.3, -0.25) is 0 Å². The predicted molar refractivity (Wildman–Crippen MR) is 89.5 cm³/mol. The number of ether oxygens (including phenoxy) is 1. The average Bonchev–Trinajstić information content (AvgIpc) is 3.04. The van der Waals surface area contributed by atoms with Crippen LogP contribution >= 0.6 is 0 Å². The van der Waals surface area contributed by atoms with Gasteiger partial charge in [0.05, 0.1) is 5.56 Å². The normalized spacial score (nSPS) is 10.6. The van der Waals surface area contributed by atoms with E-state index in [2.05, 4.69) is 10.2 Å². The fourth-order valence-corrected chi connectivity index (χ4v) is 2.29. The van der Waals surface area contributed by atoms with Crippen molar-refractivity contribution in [3.05, 3.63) is 70.6 Å². The lowest BCUT2D eigenvalue weighted by Crippen LogP contribution is -2.06. The molecule has 0 aliphatic heterocycles. The van der Waals surface area contributed by atoms with Crippen molar-refractivity contribution in [2.75, 3.05) is 0 Å². The van der Waals surface area contributed by atoms with E-state index in [0.717, 1.165) is 22.3 Å². The number of carbonyl (C=O) groups excluding carboxylic acids is 1. The second kappa shape index (κ2) is 6.66. The average molecular weight is 322 g/mol. The van der Waals surface area contributed by atoms with Crippen LogP contribution in [0.1, 0.15) is 32.9 Å². The van der Waals surface area contributed by atoms with Gasteiger partial charge in [-0.2, -0.15) is 0 Å². The lowest BCUT2D eigenvalue weighted by Gasteiger charge is -2.05. The minimum atomic E-state index is -0.409. The van der Waals surface area contributed by atoms with E-state index >= 15 is 0 Å². The van der Waals surface area contributed by atoms with Crippen LogP contribution in [0.15, 0.2) is 46.9 Å². The Balaban J connectivity index is 1.67. The number of aryl methyl sites for hydroxylation is 3. The van der Waals surface area contributed by atoms with Crippen LogP contribution in [0, 0.1) is 20.8 Å². The minimum Gasteiger partial charge on any atom is -0.452 e. The molecule has 0 saturated carbocycles. The fraction of sp³-hybridized carbons (Fsp3) is 0.211. The molecule has 0 radical (unpaired) electrons. The summed E-state index contributed by atoms with van der Waals surface area (Å²) in [5.74, 6) is 0.271. The summed E-state index contributed by atoms with van der Waals surface area (Å²) < 4.78 is 10.8. The molecule has 2 aromatic carbocycles. The molecule has 0 atom stereocenters. The smallest absolute Gasteiger partial charge is 0.338 e. The maximum absolute atomic E-state index is 12.1. The highest BCUT2D eigenvalue weighted by Crippen LogP contribution is 2.19. The van der Waals surface area contributed by atoms with Crippen molar-refractivity contribution >= 4 is 5.97 Å². The lowest BCUT2D eigenvalue weighted by atomic mass is 10.1. The maximum atomic E-state index is 12.1. The predicted octanol–water partition coefficient (Wildman–Crippen LogP) is 4.02. The number of rotatable bonds is 4. The first kappa shape index (κ1) is 15.9. The van der Waals surface area contributed by atoms with Gasteiger partial charge in [-0.1, -0.05) is 23.8 Å². The van der Waals surface area contributed by atoms with E-state index in [0.29, 0.717) is 11.5 Å². The van der Waals surface area contributed by atoms with Gasteiger partial charge < -0.3 is 9.15 Å². The molecule has 122 valence electrons. The van der Waals surface area contributed by atoms with E-state index in [-0.39, 0.29) is 12.5 Å². The summed E-state index contributed by atoms with van der Waals surface area (Å²) in [6, 6.07) is 13.2. The number of benzene rings is 2. The van der Waals surface area contributed by atoms with E-state index in [1.54, 1.807) is 6.07 Å². The van der Waals surface area contributed by atoms with Crippen molar-refractivity contribution in [2.24, 2.45) is 0 Å². The standard InChI is InChI=1S/C19H18N2O3/c1-12-5-4-6-15(9-12)18-21-20-17(24-18)11-23-19(22)16-8-7-13(2)14(3)10-16/h4-10H,11H2,1-3H3. The highest BCUT2D eigenvalue weighted by Gasteiger charge is 2.13. The molecule has 1 heterocycles. The summed E-state index contributed by atoms with van der Waals surface area (Å²) in [7, 11) is 0. The van der Waals surface area contributed by atoms with Crippen molar-refractivity contribution in [3.63, 3.8) is 0 Å². The zero-order valence-corrected chi connectivity index (χ0v) is 13.9. The second-order valence-corrected chi connectivity index (χ2v) is 5.75. The summed E-state index contributed by atoms with van der Waals surface area (Å²) in [6.07, 6.45) is 0. The van der Waals surface area contributed by atoms with Gasteiger partial charge in [0, 0.05) is 5.56 Å². The summed E-state index contributed by atoms with van der Waals surface area (Å²) in [5, 5.41) is 7.92. The Labute approximate surface area is 140 Å². The lowest BCUT2D eigenvalue weighted by molar-refractivity contribution is 0.0438. The molecule has 0 aliphatic rings. The Bertz CT molecular complexity index is 884. The van der Waals surface area contributed by atoms with Crippen LogP contribution < -0.4 is 0 Å². The number of carbonyl (C=O) groups is 1. The summed E-state index contributed by atoms with van der Waals surface area (Å²) in [5.41, 5.74) is 4.63. The van der Waals surface area contributed by atoms with Crippen LogP contribution in [0.3, 0.4) is 0 Å². The molecular formula is C19H18N2O3. The largest absolute Gasteiger partial charge is 0.452 e. The van der Waals surface area contributed by atoms with Gasteiger partial charge in [0.15, 0.2) is 6.61 Å². The Morgan fingerprint density at radius 3 is 2.62 bits per heavy atom. The second-order valence-electron chi connectivity index (χ2n) is 5.75. The van der Waals surface area contributed by atoms with Gasteiger partial charge in [0.2, 0.25) is 5.89 Å². The Morgan fingerprint density at radius 2 is 1.88 bits per heavy atom. The van der Waals surface area contributed by atoms with Gasteiger partial charge in [-0.05, 0) is 56.2 Å². The number of aromatic nitrogens is 2. The molecule has 3 rings (SSSR count). The number of nitrogens with zero attached hydrogens (tertiary/aromatic N) is 2. The molecule has 3 aromatic rings. The molecular weight excluding hydrogens is 304 g/mol. The third kappa shape index (κ3) is 3.51. The van der Waals surface area contributed by atoms with Gasteiger partial charge in [0.25, 0.3) is 5.89 Å². The summed E-state index contributed by atoms with van der Waals surface area (Å²) in [6.45, 7) is 5.89. The molecule has 0 saturated heterocycles. The number of hydrogen-bond acceptors (Lipinski definition) is 5. The molecule has 0 spiro atoms. The first-order valence-electron chi connectivity index (χ1n) is 7.67. The number of esters is 1. The Kier molecular flexibility index (Phi) is 4.42. The van der Waals surface area contributed by atoms with E-state index in [1.807, 2.05) is 57.2 Å². The van der Waals surface area contributed by atoms with Crippen LogP contribution in [0.2, 0.25) is 0 Å². The zero-order valence-electron chi connectivity index (χ0n) is 13.9. The van der Waals surface area contributed by atoms with E-state index < -0.39 is 5.97 Å². The van der Waals surface area contributed by atoms with Crippen molar-refractivity contribution in [2.45, 2.75) is 27.4 Å².